The second kappa shape index (κ2) is 5.19. The predicted octanol–water partition coefficient (Wildman–Crippen LogP) is 2.21. The minimum Gasteiger partial charge on any atom is -0.465 e. The fourth-order valence-corrected chi connectivity index (χ4v) is 1.98. The van der Waals surface area contributed by atoms with E-state index in [0.717, 1.165) is 30.2 Å². The SMILES string of the molecule is CNC(CCc1nccn1C)c1ccc(C)o1. The monoisotopic (exact) mass is 233 g/mol. The lowest BCUT2D eigenvalue weighted by Gasteiger charge is -2.13. The van der Waals surface area contributed by atoms with Gasteiger partial charge in [0, 0.05) is 25.9 Å². The Morgan fingerprint density at radius 3 is 2.82 bits per heavy atom. The van der Waals surface area contributed by atoms with Crippen molar-refractivity contribution in [3.8, 4) is 0 Å². The zero-order valence-corrected chi connectivity index (χ0v) is 10.6. The Labute approximate surface area is 102 Å². The Bertz CT molecular complexity index is 472. The van der Waals surface area contributed by atoms with Crippen molar-refractivity contribution in [1.82, 2.24) is 14.9 Å². The number of hydrogen-bond acceptors (Lipinski definition) is 3. The molecule has 2 heterocycles. The molecule has 0 aliphatic heterocycles. The van der Waals surface area contributed by atoms with Crippen molar-refractivity contribution in [2.45, 2.75) is 25.8 Å². The highest BCUT2D eigenvalue weighted by atomic mass is 16.3. The summed E-state index contributed by atoms with van der Waals surface area (Å²) in [6.07, 6.45) is 5.73. The lowest BCUT2D eigenvalue weighted by atomic mass is 10.1. The lowest BCUT2D eigenvalue weighted by molar-refractivity contribution is 0.399. The van der Waals surface area contributed by atoms with Crippen LogP contribution in [-0.4, -0.2) is 16.6 Å². The summed E-state index contributed by atoms with van der Waals surface area (Å²) in [5, 5.41) is 3.28. The van der Waals surface area contributed by atoms with E-state index in [0.29, 0.717) is 0 Å². The van der Waals surface area contributed by atoms with Gasteiger partial charge in [-0.05, 0) is 32.5 Å². The minimum atomic E-state index is 0.250. The first-order valence-electron chi connectivity index (χ1n) is 5.90. The number of imidazole rings is 1. The molecule has 1 N–H and O–H groups in total. The Balaban J connectivity index is 1.99. The van der Waals surface area contributed by atoms with Gasteiger partial charge in [-0.2, -0.15) is 0 Å². The third-order valence-electron chi connectivity index (χ3n) is 3.03. The molecule has 92 valence electrons. The van der Waals surface area contributed by atoms with Crippen LogP contribution in [0.3, 0.4) is 0 Å². The summed E-state index contributed by atoms with van der Waals surface area (Å²) in [6.45, 7) is 1.97. The van der Waals surface area contributed by atoms with Gasteiger partial charge in [0.15, 0.2) is 0 Å². The maximum absolute atomic E-state index is 5.65. The van der Waals surface area contributed by atoms with Crippen LogP contribution < -0.4 is 5.32 Å². The molecule has 0 spiro atoms. The highest BCUT2D eigenvalue weighted by molar-refractivity contribution is 5.10. The van der Waals surface area contributed by atoms with Crippen LogP contribution in [0.1, 0.15) is 29.8 Å². The first-order valence-corrected chi connectivity index (χ1v) is 5.90. The number of nitrogens with zero attached hydrogens (tertiary/aromatic N) is 2. The van der Waals surface area contributed by atoms with Gasteiger partial charge in [0.1, 0.15) is 17.3 Å². The summed E-state index contributed by atoms with van der Waals surface area (Å²) in [5.74, 6) is 3.06. The standard InChI is InChI=1S/C13H19N3O/c1-10-4-6-12(17-10)11(14-2)5-7-13-15-8-9-16(13)3/h4,6,8-9,11,14H,5,7H2,1-3H3. The molecule has 2 rings (SSSR count). The predicted molar refractivity (Wildman–Crippen MR) is 66.8 cm³/mol. The van der Waals surface area contributed by atoms with Crippen LogP contribution in [0.4, 0.5) is 0 Å². The number of nitrogens with one attached hydrogen (secondary N) is 1. The maximum atomic E-state index is 5.65. The molecule has 2 aromatic heterocycles. The number of hydrogen-bond donors (Lipinski definition) is 1. The van der Waals surface area contributed by atoms with Crippen LogP contribution in [0, 0.1) is 6.92 Å². The van der Waals surface area contributed by atoms with Crippen LogP contribution in [0.5, 0.6) is 0 Å². The van der Waals surface area contributed by atoms with Gasteiger partial charge in [0.25, 0.3) is 0 Å². The van der Waals surface area contributed by atoms with Gasteiger partial charge < -0.3 is 14.3 Å². The molecule has 4 heteroatoms. The molecule has 17 heavy (non-hydrogen) atoms. The molecule has 0 bridgehead atoms. The number of rotatable bonds is 5. The smallest absolute Gasteiger partial charge is 0.121 e. The highest BCUT2D eigenvalue weighted by Gasteiger charge is 2.13. The lowest BCUT2D eigenvalue weighted by Crippen LogP contribution is -2.17. The zero-order valence-electron chi connectivity index (χ0n) is 10.6. The van der Waals surface area contributed by atoms with Crippen molar-refractivity contribution in [2.75, 3.05) is 7.05 Å². The molecule has 0 aliphatic carbocycles. The third kappa shape index (κ3) is 2.77. The molecule has 2 aromatic rings. The van der Waals surface area contributed by atoms with Crippen LogP contribution in [0.15, 0.2) is 28.9 Å². The van der Waals surface area contributed by atoms with Gasteiger partial charge in [-0.15, -0.1) is 0 Å². The fraction of sp³-hybridized carbons (Fsp3) is 0.462. The second-order valence-corrected chi connectivity index (χ2v) is 4.28. The first-order chi connectivity index (χ1) is 8.20. The van der Waals surface area contributed by atoms with Gasteiger partial charge in [0.2, 0.25) is 0 Å². The van der Waals surface area contributed by atoms with Crippen molar-refractivity contribution in [2.24, 2.45) is 7.05 Å². The van der Waals surface area contributed by atoms with Crippen LogP contribution in [0.2, 0.25) is 0 Å². The van der Waals surface area contributed by atoms with Gasteiger partial charge in [-0.1, -0.05) is 0 Å². The second-order valence-electron chi connectivity index (χ2n) is 4.28. The summed E-state index contributed by atoms with van der Waals surface area (Å²) in [5.41, 5.74) is 0. The van der Waals surface area contributed by atoms with Crippen molar-refractivity contribution < 1.29 is 4.42 Å². The number of aromatic nitrogens is 2. The van der Waals surface area contributed by atoms with Crippen molar-refractivity contribution in [1.29, 1.82) is 0 Å². The van der Waals surface area contributed by atoms with E-state index >= 15 is 0 Å². The van der Waals surface area contributed by atoms with Crippen LogP contribution in [-0.2, 0) is 13.5 Å². The average Bonchev–Trinajstić information content (AvgIpc) is 2.90. The average molecular weight is 233 g/mol. The molecule has 0 saturated heterocycles. The summed E-state index contributed by atoms with van der Waals surface area (Å²) in [4.78, 5) is 4.33. The topological polar surface area (TPSA) is 43.0 Å². The summed E-state index contributed by atoms with van der Waals surface area (Å²) < 4.78 is 7.70. The van der Waals surface area contributed by atoms with E-state index in [-0.39, 0.29) is 6.04 Å². The van der Waals surface area contributed by atoms with E-state index in [1.54, 1.807) is 0 Å². The molecule has 0 aromatic carbocycles. The van der Waals surface area contributed by atoms with E-state index in [2.05, 4.69) is 14.9 Å². The van der Waals surface area contributed by atoms with Gasteiger partial charge in [0.05, 0.1) is 6.04 Å². The first kappa shape index (κ1) is 11.9. The van der Waals surface area contributed by atoms with Crippen molar-refractivity contribution in [3.05, 3.63) is 41.9 Å². The Kier molecular flexibility index (Phi) is 3.64. The van der Waals surface area contributed by atoms with Crippen molar-refractivity contribution in [3.63, 3.8) is 0 Å². The molecule has 1 unspecified atom stereocenters. The Morgan fingerprint density at radius 1 is 1.47 bits per heavy atom. The van der Waals surface area contributed by atoms with Gasteiger partial charge >= 0.3 is 0 Å². The van der Waals surface area contributed by atoms with Gasteiger partial charge in [-0.25, -0.2) is 4.98 Å². The number of furan rings is 1. The summed E-state index contributed by atoms with van der Waals surface area (Å²) >= 11 is 0. The largest absolute Gasteiger partial charge is 0.465 e. The minimum absolute atomic E-state index is 0.250. The van der Waals surface area contributed by atoms with Crippen LogP contribution in [0.25, 0.3) is 0 Å². The van der Waals surface area contributed by atoms with E-state index in [4.69, 9.17) is 4.42 Å². The van der Waals surface area contributed by atoms with E-state index < -0.39 is 0 Å². The molecule has 0 fully saturated rings. The molecular weight excluding hydrogens is 214 g/mol. The van der Waals surface area contributed by atoms with E-state index in [1.165, 1.54) is 0 Å². The fourth-order valence-electron chi connectivity index (χ4n) is 1.98. The van der Waals surface area contributed by atoms with E-state index in [9.17, 15) is 0 Å². The molecule has 0 amide bonds. The summed E-state index contributed by atoms with van der Waals surface area (Å²) in [6, 6.07) is 4.29. The zero-order chi connectivity index (χ0) is 12.3. The summed E-state index contributed by atoms with van der Waals surface area (Å²) in [7, 11) is 3.98. The highest BCUT2D eigenvalue weighted by Crippen LogP contribution is 2.20. The maximum Gasteiger partial charge on any atom is 0.121 e. The van der Waals surface area contributed by atoms with Crippen LogP contribution >= 0.6 is 0 Å². The Morgan fingerprint density at radius 2 is 2.29 bits per heavy atom. The van der Waals surface area contributed by atoms with Crippen molar-refractivity contribution >= 4 is 0 Å². The molecule has 0 radical (unpaired) electrons. The van der Waals surface area contributed by atoms with E-state index in [1.807, 2.05) is 45.5 Å². The Hall–Kier alpha value is -1.55. The molecular formula is C13H19N3O. The normalized spacial score (nSPS) is 12.9. The number of aryl methyl sites for hydroxylation is 3. The molecule has 0 aliphatic rings. The third-order valence-corrected chi connectivity index (χ3v) is 3.03. The molecule has 0 saturated carbocycles. The molecule has 1 atom stereocenters. The molecule has 4 nitrogen and oxygen atoms in total. The van der Waals surface area contributed by atoms with Gasteiger partial charge in [-0.3, -0.25) is 0 Å². The quantitative estimate of drug-likeness (QED) is 0.861.